The van der Waals surface area contributed by atoms with Gasteiger partial charge in [0, 0.05) is 16.7 Å². The molecule has 0 fully saturated rings. The summed E-state index contributed by atoms with van der Waals surface area (Å²) in [6.07, 6.45) is 0. The van der Waals surface area contributed by atoms with E-state index in [9.17, 15) is 19.8 Å². The maximum atomic E-state index is 13.1. The Kier molecular flexibility index (Phi) is 4.76. The number of carbonyl (C=O) groups is 2. The maximum absolute atomic E-state index is 13.1. The maximum Gasteiger partial charge on any atom is 0.236 e. The third-order valence-corrected chi connectivity index (χ3v) is 6.30. The van der Waals surface area contributed by atoms with Crippen LogP contribution in [-0.2, 0) is 0 Å². The Hall–Kier alpha value is -3.95. The summed E-state index contributed by atoms with van der Waals surface area (Å²) in [4.78, 5) is 25.9. The highest BCUT2D eigenvalue weighted by molar-refractivity contribution is 7.73. The van der Waals surface area contributed by atoms with Gasteiger partial charge in [0.1, 0.15) is 5.75 Å². The van der Waals surface area contributed by atoms with E-state index in [-0.39, 0.29) is 45.0 Å². The zero-order valence-electron chi connectivity index (χ0n) is 16.2. The molecule has 1 aromatic heterocycles. The second-order valence-electron chi connectivity index (χ2n) is 6.95. The summed E-state index contributed by atoms with van der Waals surface area (Å²) in [5.74, 6) is -0.677. The number of ketones is 2. The van der Waals surface area contributed by atoms with Crippen LogP contribution >= 0.6 is 23.6 Å². The first-order valence-corrected chi connectivity index (χ1v) is 10.7. The number of thiazole rings is 1. The smallest absolute Gasteiger partial charge is 0.236 e. The van der Waals surface area contributed by atoms with Crippen molar-refractivity contribution in [1.29, 1.82) is 0 Å². The standard InChI is InChI=1S/C23H13N3O4S2/c27-13-10-8-12(9-11-13)26-22(30)21(32-23(26)31)25-24-17-7-3-6-16-18(17)20(29)15-5-2-1-4-14(15)19(16)28/h1-11,27,30H. The predicted molar refractivity (Wildman–Crippen MR) is 122 cm³/mol. The quantitative estimate of drug-likeness (QED) is 0.259. The third-order valence-electron chi connectivity index (χ3n) is 5.06. The SMILES string of the molecule is O=C1c2ccccc2C(=O)c2c(N=Nc3sc(=S)n(-c4ccc(O)cc4)c3O)cccc21. The van der Waals surface area contributed by atoms with E-state index in [0.717, 1.165) is 11.3 Å². The zero-order valence-corrected chi connectivity index (χ0v) is 17.9. The van der Waals surface area contributed by atoms with Gasteiger partial charge in [0.2, 0.25) is 10.9 Å². The first-order valence-electron chi connectivity index (χ1n) is 9.43. The predicted octanol–water partition coefficient (Wildman–Crippen LogP) is 5.87. The fraction of sp³-hybridized carbons (Fsp3) is 0. The number of rotatable bonds is 3. The Morgan fingerprint density at radius 1 is 0.781 bits per heavy atom. The first kappa shape index (κ1) is 20.0. The number of hydrogen-bond acceptors (Lipinski definition) is 8. The van der Waals surface area contributed by atoms with Crippen LogP contribution in [0.2, 0.25) is 0 Å². The lowest BCUT2D eigenvalue weighted by atomic mass is 9.83. The second-order valence-corrected chi connectivity index (χ2v) is 8.57. The van der Waals surface area contributed by atoms with Gasteiger partial charge in [-0.15, -0.1) is 10.2 Å². The van der Waals surface area contributed by atoms with Crippen LogP contribution in [0.3, 0.4) is 0 Å². The van der Waals surface area contributed by atoms with E-state index in [4.69, 9.17) is 12.2 Å². The molecule has 1 aliphatic rings. The number of benzene rings is 3. The van der Waals surface area contributed by atoms with E-state index >= 15 is 0 Å². The summed E-state index contributed by atoms with van der Waals surface area (Å²) < 4.78 is 1.73. The van der Waals surface area contributed by atoms with E-state index in [1.807, 2.05) is 0 Å². The molecular weight excluding hydrogens is 446 g/mol. The molecule has 32 heavy (non-hydrogen) atoms. The number of phenolic OH excluding ortho intramolecular Hbond substituents is 1. The van der Waals surface area contributed by atoms with E-state index in [1.54, 1.807) is 54.6 Å². The van der Waals surface area contributed by atoms with Crippen LogP contribution in [0.25, 0.3) is 5.69 Å². The Labute approximate surface area is 190 Å². The molecule has 0 atom stereocenters. The molecule has 0 radical (unpaired) electrons. The van der Waals surface area contributed by atoms with Crippen molar-refractivity contribution in [2.75, 3.05) is 0 Å². The average Bonchev–Trinajstić information content (AvgIpc) is 3.09. The van der Waals surface area contributed by atoms with E-state index < -0.39 is 0 Å². The molecule has 0 bridgehead atoms. The van der Waals surface area contributed by atoms with Gasteiger partial charge in [-0.3, -0.25) is 14.2 Å². The molecule has 1 heterocycles. The zero-order chi connectivity index (χ0) is 22.4. The summed E-state index contributed by atoms with van der Waals surface area (Å²) in [6.45, 7) is 0. The van der Waals surface area contributed by atoms with Crippen LogP contribution in [0.15, 0.2) is 77.0 Å². The van der Waals surface area contributed by atoms with Gasteiger partial charge in [-0.25, -0.2) is 0 Å². The summed E-state index contributed by atoms with van der Waals surface area (Å²) in [6, 6.07) is 17.6. The minimum absolute atomic E-state index is 0.0875. The summed E-state index contributed by atoms with van der Waals surface area (Å²) in [5, 5.41) is 28.6. The number of carbonyl (C=O) groups excluding carboxylic acids is 2. The molecule has 0 saturated heterocycles. The van der Waals surface area contributed by atoms with Gasteiger partial charge < -0.3 is 10.2 Å². The molecule has 2 N–H and O–H groups in total. The summed E-state index contributed by atoms with van der Waals surface area (Å²) >= 11 is 6.38. The Bertz CT molecular complexity index is 1500. The van der Waals surface area contributed by atoms with Crippen molar-refractivity contribution in [3.63, 3.8) is 0 Å². The molecule has 0 spiro atoms. The molecule has 0 saturated carbocycles. The van der Waals surface area contributed by atoms with Gasteiger partial charge in [0.15, 0.2) is 15.5 Å². The average molecular weight is 460 g/mol. The highest BCUT2D eigenvalue weighted by Crippen LogP contribution is 2.39. The van der Waals surface area contributed by atoms with Gasteiger partial charge in [0.05, 0.1) is 16.9 Å². The number of hydrogen-bond donors (Lipinski definition) is 2. The molecule has 7 nitrogen and oxygen atoms in total. The van der Waals surface area contributed by atoms with Crippen LogP contribution in [-0.4, -0.2) is 26.3 Å². The van der Waals surface area contributed by atoms with Crippen molar-refractivity contribution >= 4 is 45.8 Å². The molecule has 156 valence electrons. The van der Waals surface area contributed by atoms with Crippen LogP contribution < -0.4 is 0 Å². The number of aromatic nitrogens is 1. The van der Waals surface area contributed by atoms with Crippen molar-refractivity contribution in [3.8, 4) is 17.3 Å². The van der Waals surface area contributed by atoms with E-state index in [0.29, 0.717) is 20.8 Å². The van der Waals surface area contributed by atoms with Crippen molar-refractivity contribution in [2.24, 2.45) is 10.2 Å². The molecule has 9 heteroatoms. The van der Waals surface area contributed by atoms with E-state index in [2.05, 4.69) is 10.2 Å². The minimum Gasteiger partial charge on any atom is -0.508 e. The lowest BCUT2D eigenvalue weighted by molar-refractivity contribution is 0.0979. The van der Waals surface area contributed by atoms with Crippen LogP contribution in [0, 0.1) is 3.95 Å². The van der Waals surface area contributed by atoms with Gasteiger partial charge in [-0.1, -0.05) is 47.7 Å². The molecule has 0 unspecified atom stereocenters. The van der Waals surface area contributed by atoms with Crippen LogP contribution in [0.5, 0.6) is 11.6 Å². The minimum atomic E-state index is -0.303. The number of nitrogens with zero attached hydrogens (tertiary/aromatic N) is 3. The molecule has 4 aromatic rings. The van der Waals surface area contributed by atoms with Crippen molar-refractivity contribution in [2.45, 2.75) is 0 Å². The first-order chi connectivity index (χ1) is 15.5. The molecule has 3 aromatic carbocycles. The van der Waals surface area contributed by atoms with Crippen molar-refractivity contribution in [1.82, 2.24) is 4.57 Å². The largest absolute Gasteiger partial charge is 0.508 e. The van der Waals surface area contributed by atoms with Crippen LogP contribution in [0.4, 0.5) is 10.7 Å². The number of azo groups is 1. The van der Waals surface area contributed by atoms with E-state index in [1.165, 1.54) is 16.7 Å². The van der Waals surface area contributed by atoms with Gasteiger partial charge in [-0.05, 0) is 42.5 Å². The van der Waals surface area contributed by atoms with Crippen molar-refractivity contribution < 1.29 is 19.8 Å². The lowest BCUT2D eigenvalue weighted by Crippen LogP contribution is -2.20. The lowest BCUT2D eigenvalue weighted by Gasteiger charge is -2.18. The normalized spacial score (nSPS) is 12.8. The topological polar surface area (TPSA) is 104 Å². The molecule has 0 aliphatic heterocycles. The number of fused-ring (bicyclic) bond motifs is 2. The van der Waals surface area contributed by atoms with Gasteiger partial charge in [0.25, 0.3) is 0 Å². The van der Waals surface area contributed by atoms with Crippen LogP contribution in [0.1, 0.15) is 31.8 Å². The second kappa shape index (κ2) is 7.63. The molecule has 1 aliphatic carbocycles. The Morgan fingerprint density at radius 3 is 2.16 bits per heavy atom. The molecule has 5 rings (SSSR count). The Balaban J connectivity index is 1.57. The number of aromatic hydroxyl groups is 2. The summed E-state index contributed by atoms with van der Waals surface area (Å²) in [5.41, 5.74) is 1.91. The fourth-order valence-electron chi connectivity index (χ4n) is 3.56. The monoisotopic (exact) mass is 459 g/mol. The molecular formula is C23H13N3O4S2. The van der Waals surface area contributed by atoms with Gasteiger partial charge >= 0.3 is 0 Å². The van der Waals surface area contributed by atoms with Crippen molar-refractivity contribution in [3.05, 3.63) is 92.9 Å². The fourth-order valence-corrected chi connectivity index (χ4v) is 4.70. The van der Waals surface area contributed by atoms with Gasteiger partial charge in [-0.2, -0.15) is 0 Å². The highest BCUT2D eigenvalue weighted by Gasteiger charge is 2.31. The Morgan fingerprint density at radius 2 is 1.44 bits per heavy atom. The molecule has 0 amide bonds. The third kappa shape index (κ3) is 3.15. The highest BCUT2D eigenvalue weighted by atomic mass is 32.1. The summed E-state index contributed by atoms with van der Waals surface area (Å²) in [7, 11) is 0. The number of phenols is 1.